The number of hydrogen-bond acceptors (Lipinski definition) is 4. The maximum absolute atomic E-state index is 11.3. The van der Waals surface area contributed by atoms with E-state index in [1.807, 2.05) is 12.1 Å². The highest BCUT2D eigenvalue weighted by Gasteiger charge is 2.08. The Morgan fingerprint density at radius 2 is 2.33 bits per heavy atom. The number of carbonyl (C=O) groups is 2. The number of ether oxygens (including phenoxy) is 1. The van der Waals surface area contributed by atoms with Crippen molar-refractivity contribution in [2.75, 3.05) is 6.61 Å². The first kappa shape index (κ1) is 11.7. The Morgan fingerprint density at radius 3 is 3.00 bits per heavy atom. The molecule has 0 bridgehead atoms. The summed E-state index contributed by atoms with van der Waals surface area (Å²) in [6.45, 7) is 2.16. The summed E-state index contributed by atoms with van der Waals surface area (Å²) in [5, 5.41) is 0. The standard InChI is InChI=1S/C11H12O3S/c1-2-14-11(13)10-7-6-9(15-10)5-3-4-8-12/h3,5-8H,2,4H2,1H3. The van der Waals surface area contributed by atoms with Crippen LogP contribution in [0.2, 0.25) is 0 Å². The molecule has 0 aliphatic carbocycles. The molecule has 1 aromatic rings. The summed E-state index contributed by atoms with van der Waals surface area (Å²) in [4.78, 5) is 22.9. The Bertz CT molecular complexity index is 366. The van der Waals surface area contributed by atoms with E-state index in [0.717, 1.165) is 11.2 Å². The van der Waals surface area contributed by atoms with Crippen LogP contribution in [-0.2, 0) is 9.53 Å². The minimum Gasteiger partial charge on any atom is -0.462 e. The average Bonchev–Trinajstić information content (AvgIpc) is 2.67. The van der Waals surface area contributed by atoms with Crippen molar-refractivity contribution in [1.29, 1.82) is 0 Å². The molecule has 0 radical (unpaired) electrons. The SMILES string of the molecule is CCOC(=O)c1ccc(C=CCC=O)s1. The van der Waals surface area contributed by atoms with Crippen LogP contribution in [0.15, 0.2) is 18.2 Å². The molecule has 0 saturated heterocycles. The molecule has 0 aliphatic rings. The maximum atomic E-state index is 11.3. The second kappa shape index (κ2) is 6.14. The lowest BCUT2D eigenvalue weighted by molar-refractivity contribution is -0.107. The van der Waals surface area contributed by atoms with Gasteiger partial charge < -0.3 is 9.53 Å². The molecule has 1 heterocycles. The molecule has 4 heteroatoms. The summed E-state index contributed by atoms with van der Waals surface area (Å²) in [5.74, 6) is -0.294. The molecule has 0 N–H and O–H groups in total. The molecule has 0 spiro atoms. The Labute approximate surface area is 92.4 Å². The molecule has 15 heavy (non-hydrogen) atoms. The maximum Gasteiger partial charge on any atom is 0.348 e. The molecule has 0 atom stereocenters. The molecule has 0 aromatic carbocycles. The van der Waals surface area contributed by atoms with Gasteiger partial charge in [0.15, 0.2) is 0 Å². The molecule has 3 nitrogen and oxygen atoms in total. The van der Waals surface area contributed by atoms with Gasteiger partial charge in [-0.1, -0.05) is 6.08 Å². The van der Waals surface area contributed by atoms with Gasteiger partial charge in [-0.25, -0.2) is 4.79 Å². The Morgan fingerprint density at radius 1 is 1.53 bits per heavy atom. The highest BCUT2D eigenvalue weighted by molar-refractivity contribution is 7.14. The van der Waals surface area contributed by atoms with Gasteiger partial charge in [-0.05, 0) is 25.1 Å². The third-order valence-electron chi connectivity index (χ3n) is 1.62. The zero-order valence-corrected chi connectivity index (χ0v) is 9.25. The minimum atomic E-state index is -0.294. The van der Waals surface area contributed by atoms with Crippen molar-refractivity contribution >= 4 is 29.7 Å². The quantitative estimate of drug-likeness (QED) is 0.570. The Hall–Kier alpha value is -1.42. The van der Waals surface area contributed by atoms with Gasteiger partial charge in [0.25, 0.3) is 0 Å². The van der Waals surface area contributed by atoms with Crippen molar-refractivity contribution in [2.45, 2.75) is 13.3 Å². The fraction of sp³-hybridized carbons (Fsp3) is 0.273. The summed E-state index contributed by atoms with van der Waals surface area (Å²) in [7, 11) is 0. The monoisotopic (exact) mass is 224 g/mol. The molecule has 0 saturated carbocycles. The third-order valence-corrected chi connectivity index (χ3v) is 2.65. The van der Waals surface area contributed by atoms with E-state index in [2.05, 4.69) is 0 Å². The molecular weight excluding hydrogens is 212 g/mol. The average molecular weight is 224 g/mol. The first-order valence-electron chi connectivity index (χ1n) is 4.65. The van der Waals surface area contributed by atoms with E-state index < -0.39 is 0 Å². The number of thiophene rings is 1. The molecule has 0 fully saturated rings. The summed E-state index contributed by atoms with van der Waals surface area (Å²) < 4.78 is 4.86. The van der Waals surface area contributed by atoms with Crippen molar-refractivity contribution < 1.29 is 14.3 Å². The second-order valence-electron chi connectivity index (χ2n) is 2.73. The van der Waals surface area contributed by atoms with Gasteiger partial charge in [-0.15, -0.1) is 11.3 Å². The van der Waals surface area contributed by atoms with Gasteiger partial charge in [-0.3, -0.25) is 0 Å². The Balaban J connectivity index is 2.63. The first-order chi connectivity index (χ1) is 7.27. The van der Waals surface area contributed by atoms with Gasteiger partial charge in [0, 0.05) is 11.3 Å². The van der Waals surface area contributed by atoms with Gasteiger partial charge in [0.05, 0.1) is 6.61 Å². The van der Waals surface area contributed by atoms with Gasteiger partial charge in [0.2, 0.25) is 0 Å². The lowest BCUT2D eigenvalue weighted by Crippen LogP contribution is -2.01. The van der Waals surface area contributed by atoms with Crippen LogP contribution < -0.4 is 0 Å². The van der Waals surface area contributed by atoms with Crippen LogP contribution in [-0.4, -0.2) is 18.9 Å². The lowest BCUT2D eigenvalue weighted by Gasteiger charge is -1.96. The van der Waals surface area contributed by atoms with E-state index in [-0.39, 0.29) is 5.97 Å². The smallest absolute Gasteiger partial charge is 0.348 e. The Kier molecular flexibility index (Phi) is 4.77. The van der Waals surface area contributed by atoms with E-state index in [0.29, 0.717) is 17.9 Å². The van der Waals surface area contributed by atoms with Crippen molar-refractivity contribution in [3.8, 4) is 0 Å². The van der Waals surface area contributed by atoms with Crippen LogP contribution in [0.5, 0.6) is 0 Å². The van der Waals surface area contributed by atoms with Crippen LogP contribution >= 0.6 is 11.3 Å². The molecule has 0 amide bonds. The molecule has 1 rings (SSSR count). The summed E-state index contributed by atoms with van der Waals surface area (Å²) >= 11 is 1.35. The van der Waals surface area contributed by atoms with Crippen molar-refractivity contribution in [1.82, 2.24) is 0 Å². The predicted molar refractivity (Wildman–Crippen MR) is 60.0 cm³/mol. The molecular formula is C11H12O3S. The van der Waals surface area contributed by atoms with E-state index in [1.165, 1.54) is 11.3 Å². The topological polar surface area (TPSA) is 43.4 Å². The van der Waals surface area contributed by atoms with Crippen LogP contribution in [0.3, 0.4) is 0 Å². The summed E-state index contributed by atoms with van der Waals surface area (Å²) in [6.07, 6.45) is 4.80. The molecule has 1 aromatic heterocycles. The van der Waals surface area contributed by atoms with Crippen LogP contribution in [0.4, 0.5) is 0 Å². The van der Waals surface area contributed by atoms with Crippen molar-refractivity contribution in [3.05, 3.63) is 28.0 Å². The first-order valence-corrected chi connectivity index (χ1v) is 5.46. The zero-order valence-electron chi connectivity index (χ0n) is 8.43. The van der Waals surface area contributed by atoms with E-state index in [9.17, 15) is 9.59 Å². The highest BCUT2D eigenvalue weighted by Crippen LogP contribution is 2.18. The van der Waals surface area contributed by atoms with Crippen LogP contribution in [0.25, 0.3) is 6.08 Å². The fourth-order valence-corrected chi connectivity index (χ4v) is 1.83. The van der Waals surface area contributed by atoms with Gasteiger partial charge in [0.1, 0.15) is 11.2 Å². The third kappa shape index (κ3) is 3.67. The lowest BCUT2D eigenvalue weighted by atomic mass is 10.3. The van der Waals surface area contributed by atoms with Crippen molar-refractivity contribution in [2.24, 2.45) is 0 Å². The minimum absolute atomic E-state index is 0.294. The van der Waals surface area contributed by atoms with E-state index in [4.69, 9.17) is 4.74 Å². The molecule has 0 unspecified atom stereocenters. The predicted octanol–water partition coefficient (Wildman–Crippen LogP) is 2.53. The summed E-state index contributed by atoms with van der Waals surface area (Å²) in [5.41, 5.74) is 0. The number of aldehydes is 1. The van der Waals surface area contributed by atoms with Crippen LogP contribution in [0.1, 0.15) is 27.9 Å². The van der Waals surface area contributed by atoms with Gasteiger partial charge in [-0.2, -0.15) is 0 Å². The van der Waals surface area contributed by atoms with Crippen molar-refractivity contribution in [3.63, 3.8) is 0 Å². The highest BCUT2D eigenvalue weighted by atomic mass is 32.1. The molecule has 80 valence electrons. The van der Waals surface area contributed by atoms with Crippen LogP contribution in [0, 0.1) is 0 Å². The number of carbonyl (C=O) groups excluding carboxylic acids is 2. The number of hydrogen-bond donors (Lipinski definition) is 0. The molecule has 0 aliphatic heterocycles. The van der Waals surface area contributed by atoms with E-state index >= 15 is 0 Å². The van der Waals surface area contributed by atoms with E-state index in [1.54, 1.807) is 19.1 Å². The largest absolute Gasteiger partial charge is 0.462 e. The number of rotatable bonds is 5. The van der Waals surface area contributed by atoms with Gasteiger partial charge >= 0.3 is 5.97 Å². The second-order valence-corrected chi connectivity index (χ2v) is 3.84. The zero-order chi connectivity index (χ0) is 11.1. The number of esters is 1. The fourth-order valence-electron chi connectivity index (χ4n) is 0.994. The normalized spacial score (nSPS) is 10.5. The summed E-state index contributed by atoms with van der Waals surface area (Å²) in [6, 6.07) is 3.56. The number of allylic oxidation sites excluding steroid dienone is 1.